The first-order chi connectivity index (χ1) is 9.69. The Morgan fingerprint density at radius 1 is 1.50 bits per heavy atom. The molecule has 1 unspecified atom stereocenters. The van der Waals surface area contributed by atoms with Gasteiger partial charge < -0.3 is 14.5 Å². The Hall–Kier alpha value is -1.40. The van der Waals surface area contributed by atoms with E-state index in [1.807, 2.05) is 17.2 Å². The van der Waals surface area contributed by atoms with E-state index in [0.717, 1.165) is 25.3 Å². The molecule has 2 heterocycles. The summed E-state index contributed by atoms with van der Waals surface area (Å²) in [5.41, 5.74) is 1.10. The van der Waals surface area contributed by atoms with Gasteiger partial charge >= 0.3 is 0 Å². The summed E-state index contributed by atoms with van der Waals surface area (Å²) in [6.07, 6.45) is 1.81. The normalized spacial score (nSPS) is 18.4. The molecule has 0 aromatic carbocycles. The van der Waals surface area contributed by atoms with Gasteiger partial charge in [-0.15, -0.1) is 0 Å². The van der Waals surface area contributed by atoms with Crippen molar-refractivity contribution >= 4 is 5.91 Å². The third-order valence-corrected chi connectivity index (χ3v) is 3.87. The lowest BCUT2D eigenvalue weighted by Gasteiger charge is -2.36. The highest BCUT2D eigenvalue weighted by Gasteiger charge is 2.29. The van der Waals surface area contributed by atoms with E-state index in [4.69, 9.17) is 4.74 Å². The van der Waals surface area contributed by atoms with Crippen molar-refractivity contribution in [3.63, 3.8) is 0 Å². The number of amides is 1. The lowest BCUT2D eigenvalue weighted by atomic mass is 10.1. The Morgan fingerprint density at radius 2 is 2.25 bits per heavy atom. The van der Waals surface area contributed by atoms with Crippen molar-refractivity contribution in [3.05, 3.63) is 18.0 Å². The molecule has 0 saturated carbocycles. The van der Waals surface area contributed by atoms with Gasteiger partial charge in [-0.2, -0.15) is 5.10 Å². The van der Waals surface area contributed by atoms with E-state index < -0.39 is 0 Å². The largest absolute Gasteiger partial charge is 0.375 e. The Bertz CT molecular complexity index is 442. The van der Waals surface area contributed by atoms with Crippen LogP contribution in [0.3, 0.4) is 0 Å². The Morgan fingerprint density at radius 3 is 2.90 bits per heavy atom. The molecular formula is C14H24N4O2. The highest BCUT2D eigenvalue weighted by Crippen LogP contribution is 2.21. The quantitative estimate of drug-likeness (QED) is 0.772. The van der Waals surface area contributed by atoms with Crippen molar-refractivity contribution in [1.29, 1.82) is 0 Å². The van der Waals surface area contributed by atoms with Gasteiger partial charge in [0.15, 0.2) is 0 Å². The van der Waals surface area contributed by atoms with Crippen molar-refractivity contribution in [2.24, 2.45) is 0 Å². The molecule has 0 N–H and O–H groups in total. The van der Waals surface area contributed by atoms with Crippen molar-refractivity contribution in [3.8, 4) is 0 Å². The van der Waals surface area contributed by atoms with Crippen molar-refractivity contribution in [2.45, 2.75) is 26.4 Å². The average Bonchev–Trinajstić information content (AvgIpc) is 2.93. The molecule has 20 heavy (non-hydrogen) atoms. The minimum absolute atomic E-state index is 0.0458. The number of aromatic nitrogens is 2. The third-order valence-electron chi connectivity index (χ3n) is 3.87. The van der Waals surface area contributed by atoms with Crippen LogP contribution in [0.25, 0.3) is 0 Å². The smallest absolute Gasteiger partial charge is 0.248 e. The fraction of sp³-hybridized carbons (Fsp3) is 0.714. The van der Waals surface area contributed by atoms with Crippen molar-refractivity contribution in [2.75, 3.05) is 39.9 Å². The molecule has 1 amide bonds. The summed E-state index contributed by atoms with van der Waals surface area (Å²) >= 11 is 0. The highest BCUT2D eigenvalue weighted by molar-refractivity contribution is 5.77. The van der Waals surface area contributed by atoms with E-state index in [1.165, 1.54) is 0 Å². The number of hydrogen-bond acceptors (Lipinski definition) is 4. The molecule has 2 rings (SSSR count). The number of methoxy groups -OCH3 is 1. The number of carbonyl (C=O) groups excluding carboxylic acids is 1. The topological polar surface area (TPSA) is 50.6 Å². The first kappa shape index (κ1) is 15.0. The van der Waals surface area contributed by atoms with E-state index >= 15 is 0 Å². The fourth-order valence-corrected chi connectivity index (χ4v) is 2.71. The summed E-state index contributed by atoms with van der Waals surface area (Å²) < 4.78 is 7.03. The molecule has 0 aliphatic carbocycles. The standard InChI is InChI=1S/C14H24N4O2/c1-4-16(5-2)8-13-10-17(14(19)11-20-3)9-12-6-7-15-18(12)13/h6-7,13H,4-5,8-11H2,1-3H3. The number of carbonyl (C=O) groups is 1. The molecule has 6 heteroatoms. The first-order valence-electron chi connectivity index (χ1n) is 7.21. The summed E-state index contributed by atoms with van der Waals surface area (Å²) in [6, 6.07) is 2.20. The van der Waals surface area contributed by atoms with Crippen molar-refractivity contribution in [1.82, 2.24) is 19.6 Å². The minimum atomic E-state index is 0.0458. The maximum Gasteiger partial charge on any atom is 0.248 e. The summed E-state index contributed by atoms with van der Waals surface area (Å²) in [6.45, 7) is 8.72. The summed E-state index contributed by atoms with van der Waals surface area (Å²) in [5.74, 6) is 0.0458. The van der Waals surface area contributed by atoms with Gasteiger partial charge in [0, 0.05) is 26.4 Å². The van der Waals surface area contributed by atoms with E-state index in [2.05, 4.69) is 28.5 Å². The molecule has 0 fully saturated rings. The molecular weight excluding hydrogens is 256 g/mol. The molecule has 112 valence electrons. The minimum Gasteiger partial charge on any atom is -0.375 e. The summed E-state index contributed by atoms with van der Waals surface area (Å²) in [5, 5.41) is 4.42. The van der Waals surface area contributed by atoms with Gasteiger partial charge in [-0.3, -0.25) is 9.48 Å². The highest BCUT2D eigenvalue weighted by atomic mass is 16.5. The molecule has 1 aliphatic heterocycles. The van der Waals surface area contributed by atoms with Gasteiger partial charge in [-0.1, -0.05) is 13.8 Å². The molecule has 0 radical (unpaired) electrons. The number of likely N-dealkylation sites (N-methyl/N-ethyl adjacent to an activating group) is 1. The first-order valence-corrected chi connectivity index (χ1v) is 7.21. The van der Waals surface area contributed by atoms with Crippen LogP contribution in [0.2, 0.25) is 0 Å². The summed E-state index contributed by atoms with van der Waals surface area (Å²) in [4.78, 5) is 16.3. The second kappa shape index (κ2) is 6.85. The lowest BCUT2D eigenvalue weighted by molar-refractivity contribution is -0.137. The van der Waals surface area contributed by atoms with Crippen molar-refractivity contribution < 1.29 is 9.53 Å². The average molecular weight is 280 g/mol. The van der Waals surface area contributed by atoms with Crippen LogP contribution in [0.15, 0.2) is 12.3 Å². The van der Waals surface area contributed by atoms with E-state index in [-0.39, 0.29) is 18.6 Å². The predicted molar refractivity (Wildman–Crippen MR) is 76.3 cm³/mol. The number of rotatable bonds is 6. The summed E-state index contributed by atoms with van der Waals surface area (Å²) in [7, 11) is 1.56. The molecule has 6 nitrogen and oxygen atoms in total. The molecule has 1 atom stereocenters. The lowest BCUT2D eigenvalue weighted by Crippen LogP contribution is -2.46. The van der Waals surface area contributed by atoms with Gasteiger partial charge in [0.05, 0.1) is 18.3 Å². The Kier molecular flexibility index (Phi) is 5.14. The van der Waals surface area contributed by atoms with E-state index in [1.54, 1.807) is 7.11 Å². The van der Waals surface area contributed by atoms with Crippen LogP contribution in [0.4, 0.5) is 0 Å². The van der Waals surface area contributed by atoms with Crippen LogP contribution in [0.1, 0.15) is 25.6 Å². The zero-order valence-electron chi connectivity index (χ0n) is 12.6. The molecule has 1 aromatic rings. The number of ether oxygens (including phenoxy) is 1. The number of hydrogen-bond donors (Lipinski definition) is 0. The second-order valence-corrected chi connectivity index (χ2v) is 5.11. The number of nitrogens with zero attached hydrogens (tertiary/aromatic N) is 4. The maximum atomic E-state index is 12.1. The predicted octanol–water partition coefficient (Wildman–Crippen LogP) is 0.755. The molecule has 0 bridgehead atoms. The zero-order valence-corrected chi connectivity index (χ0v) is 12.6. The van der Waals surface area contributed by atoms with Gasteiger partial charge in [-0.05, 0) is 19.2 Å². The van der Waals surface area contributed by atoms with Crippen LogP contribution < -0.4 is 0 Å². The second-order valence-electron chi connectivity index (χ2n) is 5.11. The molecule has 0 spiro atoms. The van der Waals surface area contributed by atoms with E-state index in [9.17, 15) is 4.79 Å². The maximum absolute atomic E-state index is 12.1. The fourth-order valence-electron chi connectivity index (χ4n) is 2.71. The van der Waals surface area contributed by atoms with Crippen LogP contribution >= 0.6 is 0 Å². The Labute approximate surface area is 120 Å². The van der Waals surface area contributed by atoms with Gasteiger partial charge in [-0.25, -0.2) is 0 Å². The van der Waals surface area contributed by atoms with Crippen LogP contribution in [-0.4, -0.2) is 65.4 Å². The zero-order chi connectivity index (χ0) is 14.5. The van der Waals surface area contributed by atoms with E-state index in [0.29, 0.717) is 13.1 Å². The van der Waals surface area contributed by atoms with Gasteiger partial charge in [0.25, 0.3) is 0 Å². The molecule has 1 aromatic heterocycles. The van der Waals surface area contributed by atoms with Crippen LogP contribution in [0, 0.1) is 0 Å². The van der Waals surface area contributed by atoms with Gasteiger partial charge in [0.1, 0.15) is 6.61 Å². The Balaban J connectivity index is 2.12. The third kappa shape index (κ3) is 3.19. The molecule has 1 aliphatic rings. The molecule has 0 saturated heterocycles. The van der Waals surface area contributed by atoms with Crippen LogP contribution in [-0.2, 0) is 16.1 Å². The van der Waals surface area contributed by atoms with Crippen LogP contribution in [0.5, 0.6) is 0 Å². The van der Waals surface area contributed by atoms with Gasteiger partial charge in [0.2, 0.25) is 5.91 Å². The monoisotopic (exact) mass is 280 g/mol. The number of fused-ring (bicyclic) bond motifs is 1. The SMILES string of the molecule is CCN(CC)CC1CN(C(=O)COC)Cc2ccnn21.